The average Bonchev–Trinajstić information content (AvgIpc) is 2.77. The Morgan fingerprint density at radius 1 is 1.19 bits per heavy atom. The van der Waals surface area contributed by atoms with E-state index in [1.54, 1.807) is 11.0 Å². The van der Waals surface area contributed by atoms with Crippen LogP contribution in [0.1, 0.15) is 26.3 Å². The number of urea groups is 1. The van der Waals surface area contributed by atoms with Crippen molar-refractivity contribution in [1.29, 1.82) is 0 Å². The third kappa shape index (κ3) is 8.21. The quantitative estimate of drug-likeness (QED) is 0.213. The van der Waals surface area contributed by atoms with Crippen LogP contribution in [0.15, 0.2) is 58.5 Å². The van der Waals surface area contributed by atoms with E-state index in [-0.39, 0.29) is 29.9 Å². The van der Waals surface area contributed by atoms with E-state index in [0.717, 1.165) is 11.3 Å². The number of aliphatic imine (C=N–C) groups is 2. The van der Waals surface area contributed by atoms with E-state index in [4.69, 9.17) is 16.0 Å². The largest absolute Gasteiger partial charge is 0.369 e. The van der Waals surface area contributed by atoms with E-state index in [2.05, 4.69) is 20.6 Å². The topological polar surface area (TPSA) is 219 Å². The molecular weight excluding hydrogens is 492 g/mol. The van der Waals surface area contributed by atoms with E-state index in [1.165, 1.54) is 25.1 Å². The number of nitro benzene ring substituents is 1. The lowest BCUT2D eigenvalue weighted by Crippen LogP contribution is -2.54. The van der Waals surface area contributed by atoms with Crippen molar-refractivity contribution in [3.63, 3.8) is 0 Å². The first-order valence-electron chi connectivity index (χ1n) is 10.5. The normalized spacial score (nSPS) is 14.5. The molecule has 0 bridgehead atoms. The number of benzene rings is 2. The minimum atomic E-state index is -3.66. The summed E-state index contributed by atoms with van der Waals surface area (Å²) in [6.07, 6.45) is 0. The Labute approximate surface area is 208 Å². The number of anilines is 2. The molecule has 7 N–H and O–H groups in total. The Hall–Kier alpha value is -4.24. The molecule has 0 aliphatic carbocycles. The molecule has 0 atom stereocenters. The molecule has 2 amide bonds. The Kier molecular flexibility index (Phi) is 8.91. The Morgan fingerprint density at radius 3 is 2.33 bits per heavy atom. The standard InChI is InChI=1S/C19H22N8O3.C2H6O3S/c1-19(2)25-16(20)24-17(21)26(19)14-8-6-12(7-9-14)11-22-18(28)23-13-4-3-5-15(10-13)27(29)30;1-2-6(3,4)5/h3-10H,11H2,1-2H3,(H2,22,23,28)(H4,20,21,24,25);2H2,1H3,(H,3,4,5). The zero-order valence-corrected chi connectivity index (χ0v) is 20.7. The van der Waals surface area contributed by atoms with Crippen LogP contribution in [-0.4, -0.2) is 47.3 Å². The van der Waals surface area contributed by atoms with E-state index in [9.17, 15) is 23.3 Å². The van der Waals surface area contributed by atoms with Gasteiger partial charge in [-0.15, -0.1) is 0 Å². The molecule has 0 saturated carbocycles. The van der Waals surface area contributed by atoms with Gasteiger partial charge in [0.15, 0.2) is 0 Å². The molecule has 0 spiro atoms. The minimum Gasteiger partial charge on any atom is -0.369 e. The molecule has 0 radical (unpaired) electrons. The molecule has 194 valence electrons. The van der Waals surface area contributed by atoms with Gasteiger partial charge in [0.05, 0.1) is 10.7 Å². The molecule has 2 aromatic carbocycles. The highest BCUT2D eigenvalue weighted by Crippen LogP contribution is 2.27. The molecule has 0 aromatic heterocycles. The molecule has 36 heavy (non-hydrogen) atoms. The zero-order valence-electron chi connectivity index (χ0n) is 19.9. The number of non-ortho nitro benzene ring substituents is 1. The third-order valence-corrected chi connectivity index (χ3v) is 5.45. The van der Waals surface area contributed by atoms with Gasteiger partial charge in [-0.2, -0.15) is 13.4 Å². The van der Waals surface area contributed by atoms with Crippen LogP contribution in [0.3, 0.4) is 0 Å². The smallest absolute Gasteiger partial charge is 0.319 e. The van der Waals surface area contributed by atoms with Crippen molar-refractivity contribution < 1.29 is 22.7 Å². The fourth-order valence-corrected chi connectivity index (χ4v) is 3.07. The Morgan fingerprint density at radius 2 is 1.81 bits per heavy atom. The molecule has 1 aliphatic rings. The Balaban J connectivity index is 0.000000678. The summed E-state index contributed by atoms with van der Waals surface area (Å²) < 4.78 is 26.9. The number of amides is 2. The molecule has 14 nitrogen and oxygen atoms in total. The van der Waals surface area contributed by atoms with Crippen molar-refractivity contribution in [3.8, 4) is 0 Å². The second-order valence-electron chi connectivity index (χ2n) is 7.92. The summed E-state index contributed by atoms with van der Waals surface area (Å²) in [6.45, 7) is 5.37. The van der Waals surface area contributed by atoms with Gasteiger partial charge in [-0.05, 0) is 44.5 Å². The maximum atomic E-state index is 12.1. The van der Waals surface area contributed by atoms with Crippen LogP contribution in [-0.2, 0) is 16.7 Å². The van der Waals surface area contributed by atoms with Gasteiger partial charge in [-0.25, -0.2) is 9.79 Å². The fraction of sp³-hybridized carbons (Fsp3) is 0.286. The van der Waals surface area contributed by atoms with Crippen LogP contribution in [0.25, 0.3) is 0 Å². The van der Waals surface area contributed by atoms with Gasteiger partial charge in [-0.3, -0.25) is 19.6 Å². The number of hydrogen-bond donors (Lipinski definition) is 5. The van der Waals surface area contributed by atoms with Gasteiger partial charge in [0.2, 0.25) is 11.9 Å². The molecule has 1 aliphatic heterocycles. The van der Waals surface area contributed by atoms with Crippen molar-refractivity contribution in [2.75, 3.05) is 16.0 Å². The van der Waals surface area contributed by atoms with E-state index < -0.39 is 26.7 Å². The maximum absolute atomic E-state index is 12.1. The van der Waals surface area contributed by atoms with Crippen molar-refractivity contribution in [1.82, 2.24) is 5.32 Å². The number of nitrogens with two attached hydrogens (primary N) is 2. The molecular formula is C21H28N8O6S. The van der Waals surface area contributed by atoms with Crippen LogP contribution in [0, 0.1) is 10.1 Å². The lowest BCUT2D eigenvalue weighted by atomic mass is 10.1. The number of hydrogen-bond acceptors (Lipinski definition) is 10. The van der Waals surface area contributed by atoms with Crippen molar-refractivity contribution in [2.24, 2.45) is 21.5 Å². The monoisotopic (exact) mass is 520 g/mol. The summed E-state index contributed by atoms with van der Waals surface area (Å²) >= 11 is 0. The van der Waals surface area contributed by atoms with Crippen molar-refractivity contribution in [3.05, 3.63) is 64.2 Å². The highest BCUT2D eigenvalue weighted by Gasteiger charge is 2.32. The van der Waals surface area contributed by atoms with Crippen LogP contribution in [0.4, 0.5) is 21.9 Å². The summed E-state index contributed by atoms with van der Waals surface area (Å²) in [6, 6.07) is 12.6. The zero-order chi connectivity index (χ0) is 27.1. The summed E-state index contributed by atoms with van der Waals surface area (Å²) in [7, 11) is -3.66. The molecule has 3 rings (SSSR count). The first kappa shape index (κ1) is 28.0. The van der Waals surface area contributed by atoms with Gasteiger partial charge in [0, 0.05) is 30.1 Å². The predicted molar refractivity (Wildman–Crippen MR) is 137 cm³/mol. The second kappa shape index (κ2) is 11.5. The molecule has 15 heteroatoms. The number of guanidine groups is 2. The van der Waals surface area contributed by atoms with E-state index in [0.29, 0.717) is 5.69 Å². The fourth-order valence-electron chi connectivity index (χ4n) is 3.07. The molecule has 0 unspecified atom stereocenters. The van der Waals surface area contributed by atoms with E-state index in [1.807, 2.05) is 38.1 Å². The molecule has 2 aromatic rings. The minimum absolute atomic E-state index is 0.0991. The molecule has 0 saturated heterocycles. The summed E-state index contributed by atoms with van der Waals surface area (Å²) in [5.41, 5.74) is 12.9. The third-order valence-electron chi connectivity index (χ3n) is 4.72. The van der Waals surface area contributed by atoms with Gasteiger partial charge in [0.25, 0.3) is 15.8 Å². The van der Waals surface area contributed by atoms with Crippen molar-refractivity contribution >= 4 is 45.1 Å². The number of nitrogens with zero attached hydrogens (tertiary/aromatic N) is 4. The van der Waals surface area contributed by atoms with Gasteiger partial charge < -0.3 is 22.1 Å². The number of nitro groups is 1. The Bertz CT molecular complexity index is 1280. The highest BCUT2D eigenvalue weighted by molar-refractivity contribution is 7.85. The lowest BCUT2D eigenvalue weighted by molar-refractivity contribution is -0.384. The van der Waals surface area contributed by atoms with Crippen LogP contribution >= 0.6 is 0 Å². The first-order chi connectivity index (χ1) is 16.7. The summed E-state index contributed by atoms with van der Waals surface area (Å²) in [5, 5.41) is 16.1. The average molecular weight is 521 g/mol. The molecule has 0 fully saturated rings. The number of rotatable bonds is 6. The number of carbonyl (C=O) groups is 1. The van der Waals surface area contributed by atoms with E-state index >= 15 is 0 Å². The molecule has 1 heterocycles. The van der Waals surface area contributed by atoms with Crippen molar-refractivity contribution in [2.45, 2.75) is 33.0 Å². The summed E-state index contributed by atoms with van der Waals surface area (Å²) in [5.74, 6) is 0.173. The SMILES string of the molecule is CC1(C)N=C(N)N=C(N)N1c1ccc(CNC(=O)Nc2cccc([N+](=O)[O-])c2)cc1.CCS(=O)(=O)O. The van der Waals surface area contributed by atoms with Crippen LogP contribution in [0.2, 0.25) is 0 Å². The van der Waals surface area contributed by atoms with Gasteiger partial charge >= 0.3 is 6.03 Å². The number of nitrogens with one attached hydrogen (secondary N) is 2. The number of carbonyl (C=O) groups excluding carboxylic acids is 1. The van der Waals surface area contributed by atoms with Gasteiger partial charge in [0.1, 0.15) is 5.66 Å². The van der Waals surface area contributed by atoms with Gasteiger partial charge in [-0.1, -0.05) is 18.2 Å². The predicted octanol–water partition coefficient (Wildman–Crippen LogP) is 2.00. The second-order valence-corrected chi connectivity index (χ2v) is 9.66. The summed E-state index contributed by atoms with van der Waals surface area (Å²) in [4.78, 5) is 32.5. The van der Waals surface area contributed by atoms with Crippen LogP contribution < -0.4 is 27.0 Å². The lowest BCUT2D eigenvalue weighted by Gasteiger charge is -2.38. The first-order valence-corrected chi connectivity index (χ1v) is 12.2. The highest BCUT2D eigenvalue weighted by atomic mass is 32.2. The maximum Gasteiger partial charge on any atom is 0.319 e. The van der Waals surface area contributed by atoms with Crippen LogP contribution in [0.5, 0.6) is 0 Å².